The second kappa shape index (κ2) is 9.98. The number of carbonyl (C=O) groups is 2. The van der Waals surface area contributed by atoms with E-state index >= 15 is 0 Å². The predicted molar refractivity (Wildman–Crippen MR) is 129 cm³/mol. The van der Waals surface area contributed by atoms with Crippen LogP contribution in [0.2, 0.25) is 5.02 Å². The fourth-order valence-corrected chi connectivity index (χ4v) is 4.07. The molecule has 3 aromatic rings. The van der Waals surface area contributed by atoms with E-state index in [-0.39, 0.29) is 17.0 Å². The van der Waals surface area contributed by atoms with Crippen molar-refractivity contribution in [3.63, 3.8) is 0 Å². The van der Waals surface area contributed by atoms with Crippen molar-refractivity contribution in [2.75, 3.05) is 12.4 Å². The van der Waals surface area contributed by atoms with Gasteiger partial charge in [-0.3, -0.25) is 19.7 Å². The lowest BCUT2D eigenvalue weighted by molar-refractivity contribution is -0.384. The fraction of sp³-hybridized carbons (Fsp3) is 0.208. The van der Waals surface area contributed by atoms with E-state index in [1.54, 1.807) is 25.1 Å². The molecular weight excluding hydrogens is 476 g/mol. The van der Waals surface area contributed by atoms with Gasteiger partial charge in [0.15, 0.2) is 5.76 Å². The van der Waals surface area contributed by atoms with Crippen LogP contribution in [0.4, 0.5) is 11.4 Å². The average molecular weight is 497 g/mol. The van der Waals surface area contributed by atoms with Gasteiger partial charge in [0.2, 0.25) is 0 Å². The summed E-state index contributed by atoms with van der Waals surface area (Å²) in [5, 5.41) is 18.4. The van der Waals surface area contributed by atoms with Crippen molar-refractivity contribution in [3.05, 3.63) is 85.8 Å². The molecule has 2 N–H and O–H groups in total. The first-order valence-corrected chi connectivity index (χ1v) is 11.0. The third-order valence-electron chi connectivity index (χ3n) is 5.55. The Bertz CT molecular complexity index is 1360. The number of carbonyl (C=O) groups excluding carboxylic acids is 2. The monoisotopic (exact) mass is 496 g/mol. The molecule has 0 atom stereocenters. The van der Waals surface area contributed by atoms with Gasteiger partial charge in [-0.25, -0.2) is 5.43 Å². The van der Waals surface area contributed by atoms with Crippen LogP contribution in [0.25, 0.3) is 0 Å². The highest BCUT2D eigenvalue weighted by Crippen LogP contribution is 2.32. The molecule has 1 aliphatic carbocycles. The van der Waals surface area contributed by atoms with Gasteiger partial charge in [0.1, 0.15) is 11.5 Å². The van der Waals surface area contributed by atoms with E-state index in [1.807, 2.05) is 0 Å². The Kier molecular flexibility index (Phi) is 6.83. The molecule has 1 aromatic heterocycles. The number of ether oxygens (including phenoxy) is 1. The van der Waals surface area contributed by atoms with Crippen LogP contribution in [-0.2, 0) is 6.42 Å². The average Bonchev–Trinajstić information content (AvgIpc) is 3.20. The first kappa shape index (κ1) is 24.0. The van der Waals surface area contributed by atoms with Crippen molar-refractivity contribution < 1.29 is 23.7 Å². The van der Waals surface area contributed by atoms with E-state index in [0.29, 0.717) is 58.3 Å². The molecule has 0 radical (unpaired) electrons. The molecule has 180 valence electrons. The van der Waals surface area contributed by atoms with Gasteiger partial charge in [-0.1, -0.05) is 17.7 Å². The fourth-order valence-electron chi connectivity index (χ4n) is 3.90. The van der Waals surface area contributed by atoms with Gasteiger partial charge in [-0.15, -0.1) is 0 Å². The first-order valence-electron chi connectivity index (χ1n) is 10.7. The molecule has 11 heteroatoms. The zero-order valence-electron chi connectivity index (χ0n) is 18.9. The lowest BCUT2D eigenvalue weighted by Crippen LogP contribution is -2.22. The minimum atomic E-state index is -0.583. The number of amides is 2. The van der Waals surface area contributed by atoms with E-state index in [4.69, 9.17) is 20.8 Å². The van der Waals surface area contributed by atoms with Gasteiger partial charge < -0.3 is 14.5 Å². The van der Waals surface area contributed by atoms with E-state index in [1.165, 1.54) is 31.4 Å². The molecular formula is C24H21ClN4O6. The number of nitrogens with zero attached hydrogens (tertiary/aromatic N) is 2. The Morgan fingerprint density at radius 2 is 1.97 bits per heavy atom. The molecule has 0 unspecified atom stereocenters. The van der Waals surface area contributed by atoms with Crippen LogP contribution in [0.1, 0.15) is 50.6 Å². The smallest absolute Gasteiger partial charge is 0.291 e. The van der Waals surface area contributed by atoms with Gasteiger partial charge in [0.25, 0.3) is 17.5 Å². The Morgan fingerprint density at radius 3 is 2.71 bits per heavy atom. The summed E-state index contributed by atoms with van der Waals surface area (Å²) in [6, 6.07) is 10.2. The number of nitro groups is 1. The van der Waals surface area contributed by atoms with E-state index in [2.05, 4.69) is 15.8 Å². The quantitative estimate of drug-likeness (QED) is 0.368. The van der Waals surface area contributed by atoms with Crippen LogP contribution in [0.15, 0.2) is 52.0 Å². The van der Waals surface area contributed by atoms with Gasteiger partial charge in [0, 0.05) is 40.3 Å². The van der Waals surface area contributed by atoms with E-state index in [0.717, 1.165) is 0 Å². The molecule has 4 rings (SSSR count). The molecule has 0 aliphatic heterocycles. The summed E-state index contributed by atoms with van der Waals surface area (Å²) in [6.07, 6.45) is 1.89. The minimum Gasteiger partial charge on any atom is -0.495 e. The number of fused-ring (bicyclic) bond motifs is 1. The number of rotatable bonds is 6. The molecule has 2 aromatic carbocycles. The number of non-ortho nitro benzene ring substituents is 1. The highest BCUT2D eigenvalue weighted by atomic mass is 35.5. The van der Waals surface area contributed by atoms with Gasteiger partial charge in [-0.05, 0) is 44.0 Å². The standard InChI is InChI=1S/C24H21ClN4O6/c1-13-21-17(27-28-23(30)14-5-3-6-16(11-14)29(32)33)7-4-8-20(21)35-22(13)24(31)26-18-12-15(25)9-10-19(18)34-2/h3,5-6,9-12H,4,7-8H2,1-2H3,(H,26,31)(H,28,30)/b27-17+. The lowest BCUT2D eigenvalue weighted by Gasteiger charge is -2.13. The maximum atomic E-state index is 13.0. The summed E-state index contributed by atoms with van der Waals surface area (Å²) in [5.74, 6) is 0.109. The molecule has 2 amide bonds. The number of halogens is 1. The number of nitrogens with one attached hydrogen (secondary N) is 2. The van der Waals surface area contributed by atoms with Crippen molar-refractivity contribution in [3.8, 4) is 5.75 Å². The summed E-state index contributed by atoms with van der Waals surface area (Å²) in [4.78, 5) is 35.9. The van der Waals surface area contributed by atoms with Crippen LogP contribution in [0.3, 0.4) is 0 Å². The highest BCUT2D eigenvalue weighted by Gasteiger charge is 2.28. The van der Waals surface area contributed by atoms with Crippen LogP contribution in [-0.4, -0.2) is 29.6 Å². The number of hydrogen-bond donors (Lipinski definition) is 2. The Morgan fingerprint density at radius 1 is 1.17 bits per heavy atom. The van der Waals surface area contributed by atoms with Crippen molar-refractivity contribution in [2.45, 2.75) is 26.2 Å². The molecule has 0 bridgehead atoms. The molecule has 0 fully saturated rings. The number of nitro benzene ring substituents is 1. The van der Waals surface area contributed by atoms with Crippen LogP contribution < -0.4 is 15.5 Å². The molecule has 0 saturated carbocycles. The highest BCUT2D eigenvalue weighted by molar-refractivity contribution is 6.31. The zero-order chi connectivity index (χ0) is 25.1. The number of benzene rings is 2. The third-order valence-corrected chi connectivity index (χ3v) is 5.79. The van der Waals surface area contributed by atoms with Gasteiger partial charge in [-0.2, -0.15) is 5.10 Å². The molecule has 10 nitrogen and oxygen atoms in total. The minimum absolute atomic E-state index is 0.110. The summed E-state index contributed by atoms with van der Waals surface area (Å²) < 4.78 is 11.2. The second-order valence-corrected chi connectivity index (χ2v) is 8.25. The summed E-state index contributed by atoms with van der Waals surface area (Å²) in [5.41, 5.74) is 4.59. The van der Waals surface area contributed by atoms with Crippen molar-refractivity contribution in [1.29, 1.82) is 0 Å². The Labute approximate surface area is 205 Å². The lowest BCUT2D eigenvalue weighted by atomic mass is 9.93. The SMILES string of the molecule is COc1ccc(Cl)cc1NC(=O)c1oc2c(c1C)/C(=N/NC(=O)c1cccc([N+](=O)[O-])c1)CCC2. The Hall–Kier alpha value is -4.18. The molecule has 1 heterocycles. The van der Waals surface area contributed by atoms with Crippen LogP contribution in [0.5, 0.6) is 5.75 Å². The van der Waals surface area contributed by atoms with Crippen LogP contribution >= 0.6 is 11.6 Å². The van der Waals surface area contributed by atoms with Crippen molar-refractivity contribution in [1.82, 2.24) is 5.43 Å². The van der Waals surface area contributed by atoms with Gasteiger partial charge >= 0.3 is 0 Å². The largest absolute Gasteiger partial charge is 0.495 e. The van der Waals surface area contributed by atoms with E-state index < -0.39 is 16.7 Å². The maximum absolute atomic E-state index is 13.0. The predicted octanol–water partition coefficient (Wildman–Crippen LogP) is 4.88. The Balaban J connectivity index is 1.58. The van der Waals surface area contributed by atoms with Gasteiger partial charge in [0.05, 0.1) is 23.4 Å². The topological polar surface area (TPSA) is 136 Å². The number of hydrogen-bond acceptors (Lipinski definition) is 7. The third kappa shape index (κ3) is 5.02. The summed E-state index contributed by atoms with van der Waals surface area (Å²) >= 11 is 6.05. The molecule has 1 aliphatic rings. The summed E-state index contributed by atoms with van der Waals surface area (Å²) in [6.45, 7) is 1.75. The molecule has 35 heavy (non-hydrogen) atoms. The zero-order valence-corrected chi connectivity index (χ0v) is 19.6. The normalized spacial score (nSPS) is 13.7. The van der Waals surface area contributed by atoms with E-state index in [9.17, 15) is 19.7 Å². The number of methoxy groups -OCH3 is 1. The number of anilines is 1. The summed E-state index contributed by atoms with van der Waals surface area (Å²) in [7, 11) is 1.49. The number of hydrazone groups is 1. The molecule has 0 spiro atoms. The maximum Gasteiger partial charge on any atom is 0.291 e. The van der Waals surface area contributed by atoms with Crippen molar-refractivity contribution >= 4 is 40.5 Å². The van der Waals surface area contributed by atoms with Crippen LogP contribution in [0, 0.1) is 17.0 Å². The first-order chi connectivity index (χ1) is 16.8. The second-order valence-electron chi connectivity index (χ2n) is 7.81. The van der Waals surface area contributed by atoms with Crippen molar-refractivity contribution in [2.24, 2.45) is 5.10 Å². The number of aryl methyl sites for hydroxylation is 1. The molecule has 0 saturated heterocycles. The number of furan rings is 1.